The molecule has 100 valence electrons. The van der Waals surface area contributed by atoms with Crippen molar-refractivity contribution >= 4 is 22.6 Å². The van der Waals surface area contributed by atoms with Crippen molar-refractivity contribution in [3.05, 3.63) is 40.2 Å². The minimum atomic E-state index is -1.20. The summed E-state index contributed by atoms with van der Waals surface area (Å²) < 4.78 is 5.14. The fraction of sp³-hybridized carbons (Fsp3) is 0.267. The van der Waals surface area contributed by atoms with E-state index in [1.54, 1.807) is 25.2 Å². The highest BCUT2D eigenvalue weighted by Gasteiger charge is 2.50. The third kappa shape index (κ3) is 1.31. The summed E-state index contributed by atoms with van der Waals surface area (Å²) >= 11 is 0. The van der Waals surface area contributed by atoms with Crippen LogP contribution in [0, 0.1) is 11.3 Å². The van der Waals surface area contributed by atoms with Crippen LogP contribution in [0.25, 0.3) is 11.0 Å². The summed E-state index contributed by atoms with van der Waals surface area (Å²) in [6.07, 6.45) is 0.373. The maximum atomic E-state index is 12.5. The number of nitrogens with zero attached hydrogens (tertiary/aromatic N) is 2. The second-order valence-corrected chi connectivity index (χ2v) is 4.86. The summed E-state index contributed by atoms with van der Waals surface area (Å²) in [4.78, 5) is 25.3. The van der Waals surface area contributed by atoms with Crippen molar-refractivity contribution in [3.63, 3.8) is 0 Å². The summed E-state index contributed by atoms with van der Waals surface area (Å²) in [5.74, 6) is -0.240. The quantitative estimate of drug-likeness (QED) is 0.741. The van der Waals surface area contributed by atoms with Crippen LogP contribution in [0.4, 0.5) is 5.69 Å². The summed E-state index contributed by atoms with van der Waals surface area (Å²) in [7, 11) is 1.65. The van der Waals surface area contributed by atoms with Gasteiger partial charge in [0, 0.05) is 29.8 Å². The highest BCUT2D eigenvalue weighted by Crippen LogP contribution is 2.46. The summed E-state index contributed by atoms with van der Waals surface area (Å²) in [5, 5.41) is 10.2. The number of hydrogen-bond acceptors (Lipinski definition) is 4. The second kappa shape index (κ2) is 3.94. The van der Waals surface area contributed by atoms with Crippen LogP contribution in [0.1, 0.15) is 18.9 Å². The number of carbonyl (C=O) groups is 1. The number of amides is 1. The van der Waals surface area contributed by atoms with Gasteiger partial charge < -0.3 is 9.32 Å². The van der Waals surface area contributed by atoms with Gasteiger partial charge in [-0.3, -0.25) is 4.79 Å². The molecule has 1 atom stereocenters. The van der Waals surface area contributed by atoms with Crippen molar-refractivity contribution < 1.29 is 9.21 Å². The number of rotatable bonds is 1. The zero-order valence-corrected chi connectivity index (χ0v) is 11.1. The van der Waals surface area contributed by atoms with E-state index in [0.29, 0.717) is 28.6 Å². The van der Waals surface area contributed by atoms with E-state index in [2.05, 4.69) is 6.07 Å². The summed E-state index contributed by atoms with van der Waals surface area (Å²) in [5.41, 5.74) is 0.0707. The number of likely N-dealkylation sites (N-methyl/N-ethyl adjacent to an activating group) is 1. The van der Waals surface area contributed by atoms with Crippen LogP contribution in [0.5, 0.6) is 0 Å². The van der Waals surface area contributed by atoms with Gasteiger partial charge in [0.1, 0.15) is 5.58 Å². The van der Waals surface area contributed by atoms with Gasteiger partial charge in [0.2, 0.25) is 0 Å². The first-order valence-corrected chi connectivity index (χ1v) is 6.32. The predicted molar refractivity (Wildman–Crippen MR) is 73.5 cm³/mol. The molecular formula is C15H12N2O3. The van der Waals surface area contributed by atoms with Crippen molar-refractivity contribution in [3.8, 4) is 6.07 Å². The smallest absolute Gasteiger partial charge is 0.336 e. The Morgan fingerprint density at radius 3 is 2.70 bits per heavy atom. The molecule has 0 spiro atoms. The van der Waals surface area contributed by atoms with Crippen LogP contribution in [-0.4, -0.2) is 13.0 Å². The zero-order valence-electron chi connectivity index (χ0n) is 11.1. The lowest BCUT2D eigenvalue weighted by molar-refractivity contribution is -0.121. The van der Waals surface area contributed by atoms with Crippen molar-refractivity contribution in [1.82, 2.24) is 0 Å². The molecule has 2 heterocycles. The average molecular weight is 268 g/mol. The molecule has 0 bridgehead atoms. The van der Waals surface area contributed by atoms with E-state index < -0.39 is 11.0 Å². The fourth-order valence-electron chi connectivity index (χ4n) is 2.88. The van der Waals surface area contributed by atoms with Crippen LogP contribution in [-0.2, 0) is 10.2 Å². The molecule has 0 radical (unpaired) electrons. The molecule has 1 unspecified atom stereocenters. The van der Waals surface area contributed by atoms with Crippen LogP contribution in [0.3, 0.4) is 0 Å². The molecule has 20 heavy (non-hydrogen) atoms. The third-order valence-electron chi connectivity index (χ3n) is 3.96. The SMILES string of the molecule is CCC1(C#N)C(=O)N(C)c2ccc3oc(=O)ccc3c21. The molecule has 1 aromatic heterocycles. The molecular weight excluding hydrogens is 256 g/mol. The van der Waals surface area contributed by atoms with E-state index in [-0.39, 0.29) is 5.91 Å². The van der Waals surface area contributed by atoms with Crippen LogP contribution in [0.15, 0.2) is 33.5 Å². The van der Waals surface area contributed by atoms with Gasteiger partial charge in [0.05, 0.1) is 6.07 Å². The van der Waals surface area contributed by atoms with E-state index in [1.807, 2.05) is 6.92 Å². The Kier molecular flexibility index (Phi) is 2.45. The maximum Gasteiger partial charge on any atom is 0.336 e. The molecule has 0 saturated heterocycles. The monoisotopic (exact) mass is 268 g/mol. The van der Waals surface area contributed by atoms with Crippen LogP contribution < -0.4 is 10.5 Å². The highest BCUT2D eigenvalue weighted by atomic mass is 16.4. The summed E-state index contributed by atoms with van der Waals surface area (Å²) in [6, 6.07) is 8.46. The molecule has 1 aromatic carbocycles. The minimum absolute atomic E-state index is 0.240. The molecule has 5 heteroatoms. The first-order valence-electron chi connectivity index (χ1n) is 6.32. The number of nitriles is 1. The first kappa shape index (κ1) is 12.4. The molecule has 1 aliphatic rings. The lowest BCUT2D eigenvalue weighted by Gasteiger charge is -2.18. The van der Waals surface area contributed by atoms with Gasteiger partial charge >= 0.3 is 5.63 Å². The Balaban J connectivity index is 2.49. The second-order valence-electron chi connectivity index (χ2n) is 4.86. The Morgan fingerprint density at radius 1 is 1.30 bits per heavy atom. The van der Waals surface area contributed by atoms with Gasteiger partial charge in [0.25, 0.3) is 5.91 Å². The van der Waals surface area contributed by atoms with Gasteiger partial charge in [-0.25, -0.2) is 4.79 Å². The topological polar surface area (TPSA) is 74.3 Å². The van der Waals surface area contributed by atoms with Gasteiger partial charge in [-0.2, -0.15) is 5.26 Å². The molecule has 3 rings (SSSR count). The van der Waals surface area contributed by atoms with Gasteiger partial charge in [-0.15, -0.1) is 0 Å². The molecule has 1 aliphatic heterocycles. The van der Waals surface area contributed by atoms with Gasteiger partial charge in [0.15, 0.2) is 5.41 Å². The average Bonchev–Trinajstić information content (AvgIpc) is 2.68. The normalized spacial score (nSPS) is 21.1. The number of hydrogen-bond donors (Lipinski definition) is 0. The van der Waals surface area contributed by atoms with E-state index in [0.717, 1.165) is 0 Å². The van der Waals surface area contributed by atoms with Gasteiger partial charge in [-0.05, 0) is 24.6 Å². The lowest BCUT2D eigenvalue weighted by atomic mass is 9.79. The van der Waals surface area contributed by atoms with Crippen LogP contribution >= 0.6 is 0 Å². The molecule has 0 aliphatic carbocycles. The summed E-state index contributed by atoms with van der Waals surface area (Å²) in [6.45, 7) is 1.81. The van der Waals surface area contributed by atoms with E-state index in [1.165, 1.54) is 11.0 Å². The standard InChI is InChI=1S/C15H12N2O3/c1-3-15(8-16)13-9-4-7-12(18)20-11(9)6-5-10(13)17(2)14(15)19/h4-7H,3H2,1-2H3. The molecule has 5 nitrogen and oxygen atoms in total. The van der Waals surface area contributed by atoms with Crippen molar-refractivity contribution in [2.45, 2.75) is 18.8 Å². The Morgan fingerprint density at radius 2 is 2.05 bits per heavy atom. The first-order chi connectivity index (χ1) is 9.55. The Labute approximate surface area is 115 Å². The Hall–Kier alpha value is -2.61. The van der Waals surface area contributed by atoms with E-state index >= 15 is 0 Å². The fourth-order valence-corrected chi connectivity index (χ4v) is 2.88. The third-order valence-corrected chi connectivity index (χ3v) is 3.96. The molecule has 0 saturated carbocycles. The van der Waals surface area contributed by atoms with Crippen LogP contribution in [0.2, 0.25) is 0 Å². The van der Waals surface area contributed by atoms with Gasteiger partial charge in [-0.1, -0.05) is 6.92 Å². The van der Waals surface area contributed by atoms with Crippen molar-refractivity contribution in [1.29, 1.82) is 5.26 Å². The van der Waals surface area contributed by atoms with Crippen molar-refractivity contribution in [2.24, 2.45) is 0 Å². The number of fused-ring (bicyclic) bond motifs is 3. The number of carbonyl (C=O) groups excluding carboxylic acids is 1. The lowest BCUT2D eigenvalue weighted by Crippen LogP contribution is -2.36. The Bertz CT molecular complexity index is 831. The minimum Gasteiger partial charge on any atom is -0.423 e. The van der Waals surface area contributed by atoms with E-state index in [9.17, 15) is 14.9 Å². The largest absolute Gasteiger partial charge is 0.423 e. The van der Waals surface area contributed by atoms with Crippen molar-refractivity contribution in [2.75, 3.05) is 11.9 Å². The number of anilines is 1. The van der Waals surface area contributed by atoms with E-state index in [4.69, 9.17) is 4.42 Å². The molecule has 2 aromatic rings. The number of benzene rings is 1. The predicted octanol–water partition coefficient (Wildman–Crippen LogP) is 1.94. The zero-order chi connectivity index (χ0) is 14.5. The maximum absolute atomic E-state index is 12.5. The molecule has 1 amide bonds. The molecule has 0 N–H and O–H groups in total. The highest BCUT2D eigenvalue weighted by molar-refractivity contribution is 6.14. The molecule has 0 fully saturated rings.